The predicted molar refractivity (Wildman–Crippen MR) is 60.0 cm³/mol. The van der Waals surface area contributed by atoms with E-state index in [1.54, 1.807) is 19.2 Å². The van der Waals surface area contributed by atoms with Gasteiger partial charge in [0.15, 0.2) is 5.75 Å². The number of rotatable bonds is 2. The summed E-state index contributed by atoms with van der Waals surface area (Å²) in [5.41, 5.74) is 0.223. The highest BCUT2D eigenvalue weighted by Gasteiger charge is 2.11. The molecule has 17 heavy (non-hydrogen) atoms. The third-order valence-electron chi connectivity index (χ3n) is 2.10. The number of nitrogens with one attached hydrogen (secondary N) is 1. The molecule has 0 bridgehead atoms. The van der Waals surface area contributed by atoms with Crippen LogP contribution in [0, 0.1) is 0 Å². The standard InChI is InChI=1S/C11H10N2O4/c1-2-16-11(15)17-9-6-13-8-3-4-12-5-7(8)10(9)14/h3-6H,2H2,1H3,(H,13,14). The Morgan fingerprint density at radius 1 is 1.53 bits per heavy atom. The van der Waals surface area contributed by atoms with E-state index >= 15 is 0 Å². The number of carbonyl (C=O) groups is 1. The van der Waals surface area contributed by atoms with Crippen LogP contribution < -0.4 is 10.2 Å². The van der Waals surface area contributed by atoms with Crippen molar-refractivity contribution in [3.8, 4) is 5.75 Å². The van der Waals surface area contributed by atoms with Crippen molar-refractivity contribution < 1.29 is 14.3 Å². The van der Waals surface area contributed by atoms with Crippen LogP contribution >= 0.6 is 0 Å². The van der Waals surface area contributed by atoms with E-state index in [1.807, 2.05) is 0 Å². The summed E-state index contributed by atoms with van der Waals surface area (Å²) in [5, 5.41) is 0.356. The Kier molecular flexibility index (Phi) is 3.04. The molecule has 0 aliphatic heterocycles. The van der Waals surface area contributed by atoms with E-state index in [4.69, 9.17) is 4.74 Å². The van der Waals surface area contributed by atoms with Gasteiger partial charge in [0.05, 0.1) is 17.5 Å². The molecule has 0 fully saturated rings. The van der Waals surface area contributed by atoms with Gasteiger partial charge in [0, 0.05) is 18.6 Å². The van der Waals surface area contributed by atoms with Crippen molar-refractivity contribution in [2.24, 2.45) is 0 Å². The molecule has 0 aromatic carbocycles. The number of carbonyl (C=O) groups excluding carboxylic acids is 1. The second-order valence-electron chi connectivity index (χ2n) is 3.19. The van der Waals surface area contributed by atoms with E-state index in [9.17, 15) is 9.59 Å². The van der Waals surface area contributed by atoms with Crippen LogP contribution in [0.3, 0.4) is 0 Å². The molecule has 2 aromatic rings. The van der Waals surface area contributed by atoms with E-state index in [0.717, 1.165) is 0 Å². The molecular weight excluding hydrogens is 224 g/mol. The lowest BCUT2D eigenvalue weighted by Crippen LogP contribution is -2.16. The molecule has 6 heteroatoms. The topological polar surface area (TPSA) is 81.3 Å². The molecule has 2 aromatic heterocycles. The van der Waals surface area contributed by atoms with Gasteiger partial charge in [0.2, 0.25) is 5.43 Å². The molecule has 6 nitrogen and oxygen atoms in total. The molecule has 0 spiro atoms. The fourth-order valence-corrected chi connectivity index (χ4v) is 1.36. The summed E-state index contributed by atoms with van der Waals surface area (Å²) in [5.74, 6) is -0.107. The molecule has 1 N–H and O–H groups in total. The van der Waals surface area contributed by atoms with Gasteiger partial charge >= 0.3 is 6.16 Å². The van der Waals surface area contributed by atoms with Gasteiger partial charge < -0.3 is 14.5 Å². The van der Waals surface area contributed by atoms with Crippen LogP contribution in [-0.4, -0.2) is 22.7 Å². The lowest BCUT2D eigenvalue weighted by atomic mass is 10.2. The number of fused-ring (bicyclic) bond motifs is 1. The second kappa shape index (κ2) is 4.65. The number of nitrogens with zero attached hydrogens (tertiary/aromatic N) is 1. The minimum atomic E-state index is -0.902. The van der Waals surface area contributed by atoms with E-state index < -0.39 is 11.6 Å². The van der Waals surface area contributed by atoms with Crippen molar-refractivity contribution in [3.63, 3.8) is 0 Å². The smallest absolute Gasteiger partial charge is 0.434 e. The van der Waals surface area contributed by atoms with Crippen LogP contribution in [0.25, 0.3) is 10.9 Å². The van der Waals surface area contributed by atoms with Crippen molar-refractivity contribution in [3.05, 3.63) is 34.9 Å². The van der Waals surface area contributed by atoms with Gasteiger partial charge in [-0.25, -0.2) is 4.79 Å². The average Bonchev–Trinajstić information content (AvgIpc) is 2.33. The molecule has 0 atom stereocenters. The molecule has 0 aliphatic rings. The monoisotopic (exact) mass is 234 g/mol. The molecule has 88 valence electrons. The van der Waals surface area contributed by atoms with E-state index in [2.05, 4.69) is 14.7 Å². The molecule has 2 rings (SSSR count). The summed E-state index contributed by atoms with van der Waals surface area (Å²) < 4.78 is 9.34. The fraction of sp³-hybridized carbons (Fsp3) is 0.182. The number of aromatic amines is 1. The number of hydrogen-bond acceptors (Lipinski definition) is 5. The first-order valence-electron chi connectivity index (χ1n) is 5.02. The Morgan fingerprint density at radius 3 is 3.12 bits per heavy atom. The maximum Gasteiger partial charge on any atom is 0.514 e. The SMILES string of the molecule is CCOC(=O)Oc1c[nH]c2ccncc2c1=O. The van der Waals surface area contributed by atoms with E-state index in [0.29, 0.717) is 10.9 Å². The van der Waals surface area contributed by atoms with Gasteiger partial charge in [-0.2, -0.15) is 0 Å². The third-order valence-corrected chi connectivity index (χ3v) is 2.10. The van der Waals surface area contributed by atoms with Crippen molar-refractivity contribution >= 4 is 17.1 Å². The van der Waals surface area contributed by atoms with E-state index in [1.165, 1.54) is 12.4 Å². The summed E-state index contributed by atoms with van der Waals surface area (Å²) in [6.07, 6.45) is 3.39. The predicted octanol–water partition coefficient (Wildman–Crippen LogP) is 1.46. The largest absolute Gasteiger partial charge is 0.514 e. The maximum absolute atomic E-state index is 11.9. The fourth-order valence-electron chi connectivity index (χ4n) is 1.36. The number of pyridine rings is 2. The summed E-state index contributed by atoms with van der Waals surface area (Å²) in [6.45, 7) is 1.83. The Hall–Kier alpha value is -2.37. The Labute approximate surface area is 96.2 Å². The second-order valence-corrected chi connectivity index (χ2v) is 3.19. The molecule has 0 saturated carbocycles. The molecule has 0 saturated heterocycles. The highest BCUT2D eigenvalue weighted by molar-refractivity contribution is 5.79. The van der Waals surface area contributed by atoms with Gasteiger partial charge in [-0.1, -0.05) is 0 Å². The molecule has 0 amide bonds. The van der Waals surface area contributed by atoms with Gasteiger partial charge in [0.25, 0.3) is 0 Å². The van der Waals surface area contributed by atoms with Gasteiger partial charge in [-0.05, 0) is 13.0 Å². The van der Waals surface area contributed by atoms with Gasteiger partial charge in [-0.3, -0.25) is 9.78 Å². The van der Waals surface area contributed by atoms with Crippen LogP contribution in [-0.2, 0) is 4.74 Å². The molecule has 0 unspecified atom stereocenters. The first-order valence-corrected chi connectivity index (χ1v) is 5.02. The first kappa shape index (κ1) is 11.1. The zero-order chi connectivity index (χ0) is 12.3. The summed E-state index contributed by atoms with van der Waals surface area (Å²) in [4.78, 5) is 29.6. The van der Waals surface area contributed by atoms with Crippen LogP contribution in [0.5, 0.6) is 5.75 Å². The molecular formula is C11H10N2O4. The van der Waals surface area contributed by atoms with E-state index in [-0.39, 0.29) is 12.4 Å². The average molecular weight is 234 g/mol. The molecule has 0 aliphatic carbocycles. The summed E-state index contributed by atoms with van der Waals surface area (Å²) >= 11 is 0. The number of aromatic nitrogens is 2. The van der Waals surface area contributed by atoms with Crippen molar-refractivity contribution in [1.82, 2.24) is 9.97 Å². The van der Waals surface area contributed by atoms with Crippen LogP contribution in [0.2, 0.25) is 0 Å². The zero-order valence-electron chi connectivity index (χ0n) is 9.10. The number of hydrogen-bond donors (Lipinski definition) is 1. The number of H-pyrrole nitrogens is 1. The molecule has 0 radical (unpaired) electrons. The number of ether oxygens (including phenoxy) is 2. The quantitative estimate of drug-likeness (QED) is 0.795. The van der Waals surface area contributed by atoms with Crippen LogP contribution in [0.15, 0.2) is 29.5 Å². The lowest BCUT2D eigenvalue weighted by molar-refractivity contribution is 0.104. The van der Waals surface area contributed by atoms with Gasteiger partial charge in [-0.15, -0.1) is 0 Å². The van der Waals surface area contributed by atoms with Crippen LogP contribution in [0.4, 0.5) is 4.79 Å². The molecule has 2 heterocycles. The third kappa shape index (κ3) is 2.25. The maximum atomic E-state index is 11.9. The van der Waals surface area contributed by atoms with Crippen LogP contribution in [0.1, 0.15) is 6.92 Å². The minimum absolute atomic E-state index is 0.107. The highest BCUT2D eigenvalue weighted by Crippen LogP contribution is 2.10. The lowest BCUT2D eigenvalue weighted by Gasteiger charge is -2.04. The summed E-state index contributed by atoms with van der Waals surface area (Å²) in [6, 6.07) is 1.66. The van der Waals surface area contributed by atoms with Crippen molar-refractivity contribution in [2.45, 2.75) is 6.92 Å². The Balaban J connectivity index is 2.39. The van der Waals surface area contributed by atoms with Crippen molar-refractivity contribution in [2.75, 3.05) is 6.61 Å². The zero-order valence-corrected chi connectivity index (χ0v) is 9.10. The Bertz CT molecular complexity index is 606. The Morgan fingerprint density at radius 2 is 2.35 bits per heavy atom. The minimum Gasteiger partial charge on any atom is -0.434 e. The normalized spacial score (nSPS) is 10.2. The highest BCUT2D eigenvalue weighted by atomic mass is 16.7. The van der Waals surface area contributed by atoms with Crippen molar-refractivity contribution in [1.29, 1.82) is 0 Å². The van der Waals surface area contributed by atoms with Gasteiger partial charge in [0.1, 0.15) is 0 Å². The summed E-state index contributed by atoms with van der Waals surface area (Å²) in [7, 11) is 0. The first-order chi connectivity index (χ1) is 8.22.